The summed E-state index contributed by atoms with van der Waals surface area (Å²) in [5.41, 5.74) is 12.3. The predicted octanol–water partition coefficient (Wildman–Crippen LogP) is 4.54. The number of anilines is 1. The average Bonchev–Trinajstić information content (AvgIpc) is 3.09. The Morgan fingerprint density at radius 3 is 2.57 bits per heavy atom. The molecule has 4 aromatic rings. The normalized spacial score (nSPS) is 12.3. The third kappa shape index (κ3) is 1.97. The molecule has 5 rings (SSSR count). The van der Waals surface area contributed by atoms with E-state index in [2.05, 4.69) is 65.6 Å². The SMILES string of the molecule is Nc1[nH+]c2c(s1)Cc1cc(-c3ccc4ccccc4c3)ccc1-2. The van der Waals surface area contributed by atoms with Crippen LogP contribution in [0.5, 0.6) is 0 Å². The van der Waals surface area contributed by atoms with E-state index in [1.54, 1.807) is 11.3 Å². The smallest absolute Gasteiger partial charge is 0.278 e. The van der Waals surface area contributed by atoms with Crippen LogP contribution < -0.4 is 10.7 Å². The maximum Gasteiger partial charge on any atom is 0.330 e. The molecule has 1 heterocycles. The maximum absolute atomic E-state index is 5.88. The molecular weight excluding hydrogens is 300 g/mol. The zero-order valence-corrected chi connectivity index (χ0v) is 13.3. The minimum atomic E-state index is 0.791. The largest absolute Gasteiger partial charge is 0.330 e. The molecule has 0 fully saturated rings. The average molecular weight is 315 g/mol. The number of rotatable bonds is 1. The molecule has 0 saturated heterocycles. The van der Waals surface area contributed by atoms with Gasteiger partial charge in [0.15, 0.2) is 0 Å². The molecule has 0 saturated carbocycles. The van der Waals surface area contributed by atoms with Crippen LogP contribution in [0.25, 0.3) is 33.2 Å². The van der Waals surface area contributed by atoms with E-state index in [-0.39, 0.29) is 0 Å². The quantitative estimate of drug-likeness (QED) is 0.485. The summed E-state index contributed by atoms with van der Waals surface area (Å²) in [4.78, 5) is 4.63. The van der Waals surface area contributed by atoms with E-state index in [0.29, 0.717) is 0 Å². The van der Waals surface area contributed by atoms with Gasteiger partial charge in [-0.05, 0) is 39.6 Å². The Balaban J connectivity index is 1.62. The fourth-order valence-corrected chi connectivity index (χ4v) is 4.36. The van der Waals surface area contributed by atoms with Crippen molar-refractivity contribution >= 4 is 27.2 Å². The number of hydrogen-bond donors (Lipinski definition) is 1. The molecule has 0 bridgehead atoms. The molecule has 110 valence electrons. The van der Waals surface area contributed by atoms with Crippen molar-refractivity contribution in [3.63, 3.8) is 0 Å². The van der Waals surface area contributed by atoms with Gasteiger partial charge in [0.2, 0.25) is 0 Å². The van der Waals surface area contributed by atoms with Crippen LogP contribution in [0.2, 0.25) is 0 Å². The maximum atomic E-state index is 5.88. The van der Waals surface area contributed by atoms with E-state index >= 15 is 0 Å². The van der Waals surface area contributed by atoms with Crippen molar-refractivity contribution in [1.82, 2.24) is 0 Å². The lowest BCUT2D eigenvalue weighted by atomic mass is 9.98. The van der Waals surface area contributed by atoms with Crippen molar-refractivity contribution in [3.8, 4) is 22.4 Å². The summed E-state index contributed by atoms with van der Waals surface area (Å²) in [5.74, 6) is 0. The highest BCUT2D eigenvalue weighted by Crippen LogP contribution is 2.39. The van der Waals surface area contributed by atoms with Crippen molar-refractivity contribution in [1.29, 1.82) is 0 Å². The Hall–Kier alpha value is -2.65. The highest BCUT2D eigenvalue weighted by molar-refractivity contribution is 7.15. The highest BCUT2D eigenvalue weighted by Gasteiger charge is 2.25. The summed E-state index contributed by atoms with van der Waals surface area (Å²) in [6.07, 6.45) is 0.977. The van der Waals surface area contributed by atoms with Gasteiger partial charge in [-0.1, -0.05) is 59.9 Å². The molecule has 2 nitrogen and oxygen atoms in total. The Bertz CT molecular complexity index is 1060. The van der Waals surface area contributed by atoms with Crippen LogP contribution in [-0.4, -0.2) is 0 Å². The second-order valence-electron chi connectivity index (χ2n) is 6.00. The Kier molecular flexibility index (Phi) is 2.61. The number of thiazole rings is 1. The van der Waals surface area contributed by atoms with Crippen LogP contribution >= 0.6 is 11.3 Å². The molecule has 1 aromatic heterocycles. The molecular formula is C20H15N2S+. The van der Waals surface area contributed by atoms with E-state index in [1.807, 2.05) is 0 Å². The first-order chi connectivity index (χ1) is 11.3. The van der Waals surface area contributed by atoms with Crippen LogP contribution in [0, 0.1) is 0 Å². The Morgan fingerprint density at radius 1 is 0.870 bits per heavy atom. The minimum absolute atomic E-state index is 0.791. The van der Waals surface area contributed by atoms with Crippen molar-refractivity contribution in [2.45, 2.75) is 6.42 Å². The van der Waals surface area contributed by atoms with Crippen LogP contribution in [-0.2, 0) is 6.42 Å². The fourth-order valence-electron chi connectivity index (χ4n) is 3.45. The number of aromatic amines is 1. The Labute approximate surface area is 138 Å². The zero-order valence-electron chi connectivity index (χ0n) is 12.5. The van der Waals surface area contributed by atoms with E-state index in [1.165, 1.54) is 43.6 Å². The predicted molar refractivity (Wildman–Crippen MR) is 96.5 cm³/mol. The lowest BCUT2D eigenvalue weighted by molar-refractivity contribution is -0.340. The van der Waals surface area contributed by atoms with Gasteiger partial charge in [0.25, 0.3) is 0 Å². The van der Waals surface area contributed by atoms with Gasteiger partial charge < -0.3 is 0 Å². The van der Waals surface area contributed by atoms with Crippen molar-refractivity contribution in [2.75, 3.05) is 5.73 Å². The van der Waals surface area contributed by atoms with Crippen molar-refractivity contribution < 1.29 is 4.98 Å². The number of benzene rings is 3. The molecule has 3 N–H and O–H groups in total. The van der Waals surface area contributed by atoms with Gasteiger partial charge in [0, 0.05) is 12.0 Å². The minimum Gasteiger partial charge on any atom is -0.278 e. The van der Waals surface area contributed by atoms with Crippen LogP contribution in [0.15, 0.2) is 60.7 Å². The Morgan fingerprint density at radius 2 is 1.65 bits per heavy atom. The number of nitrogens with two attached hydrogens (primary N) is 1. The van der Waals surface area contributed by atoms with Gasteiger partial charge in [0.05, 0.1) is 4.88 Å². The number of aromatic nitrogens is 1. The van der Waals surface area contributed by atoms with E-state index in [4.69, 9.17) is 5.73 Å². The molecule has 3 heteroatoms. The van der Waals surface area contributed by atoms with Crippen molar-refractivity contribution in [3.05, 3.63) is 71.1 Å². The monoisotopic (exact) mass is 315 g/mol. The van der Waals surface area contributed by atoms with Gasteiger partial charge in [0.1, 0.15) is 5.69 Å². The third-order valence-corrected chi connectivity index (χ3v) is 5.49. The summed E-state index contributed by atoms with van der Waals surface area (Å²) in [7, 11) is 0. The summed E-state index contributed by atoms with van der Waals surface area (Å²) in [6, 6.07) is 21.9. The summed E-state index contributed by atoms with van der Waals surface area (Å²) in [6.45, 7) is 0. The fraction of sp³-hybridized carbons (Fsp3) is 0.0500. The number of H-pyrrole nitrogens is 1. The highest BCUT2D eigenvalue weighted by atomic mass is 32.1. The zero-order chi connectivity index (χ0) is 15.4. The first kappa shape index (κ1) is 12.9. The van der Waals surface area contributed by atoms with Crippen LogP contribution in [0.1, 0.15) is 10.4 Å². The topological polar surface area (TPSA) is 40.2 Å². The summed E-state index contributed by atoms with van der Waals surface area (Å²) in [5, 5.41) is 3.36. The standard InChI is InChI=1S/C20H14N2S/c21-20-22-19-17-8-7-15(10-16(17)11-18(19)23-20)14-6-5-12-3-1-2-4-13(12)9-14/h1-10H,11H2,(H2,21,22)/p+1. The van der Waals surface area contributed by atoms with E-state index < -0.39 is 0 Å². The number of hydrogen-bond acceptors (Lipinski definition) is 2. The molecule has 1 aliphatic carbocycles. The molecule has 0 radical (unpaired) electrons. The lowest BCUT2D eigenvalue weighted by Crippen LogP contribution is -2.06. The summed E-state index contributed by atoms with van der Waals surface area (Å²) >= 11 is 1.66. The van der Waals surface area contributed by atoms with Gasteiger partial charge in [-0.15, -0.1) is 0 Å². The van der Waals surface area contributed by atoms with Gasteiger partial charge in [-0.25, -0.2) is 4.98 Å². The van der Waals surface area contributed by atoms with Crippen LogP contribution in [0.4, 0.5) is 5.13 Å². The second kappa shape index (κ2) is 4.67. The number of nitrogen functional groups attached to an aromatic ring is 1. The first-order valence-corrected chi connectivity index (χ1v) is 8.52. The third-order valence-electron chi connectivity index (χ3n) is 4.57. The lowest BCUT2D eigenvalue weighted by Gasteiger charge is -2.07. The second-order valence-corrected chi connectivity index (χ2v) is 7.14. The van der Waals surface area contributed by atoms with Gasteiger partial charge in [-0.3, -0.25) is 5.73 Å². The van der Waals surface area contributed by atoms with E-state index in [9.17, 15) is 0 Å². The number of fused-ring (bicyclic) bond motifs is 4. The summed E-state index contributed by atoms with van der Waals surface area (Å²) < 4.78 is 0. The van der Waals surface area contributed by atoms with Crippen molar-refractivity contribution in [2.24, 2.45) is 0 Å². The first-order valence-electron chi connectivity index (χ1n) is 7.71. The molecule has 23 heavy (non-hydrogen) atoms. The van der Waals surface area contributed by atoms with Gasteiger partial charge in [-0.2, -0.15) is 0 Å². The molecule has 1 aliphatic rings. The molecule has 3 aromatic carbocycles. The van der Waals surface area contributed by atoms with E-state index in [0.717, 1.165) is 11.6 Å². The van der Waals surface area contributed by atoms with Crippen LogP contribution in [0.3, 0.4) is 0 Å². The molecule has 0 amide bonds. The number of nitrogens with one attached hydrogen (secondary N) is 1. The molecule has 0 aliphatic heterocycles. The molecule has 0 spiro atoms. The van der Waals surface area contributed by atoms with Gasteiger partial charge >= 0.3 is 5.13 Å². The molecule has 0 unspecified atom stereocenters. The molecule has 0 atom stereocenters.